The van der Waals surface area contributed by atoms with Crippen LogP contribution < -0.4 is 16.0 Å². The molecule has 6 nitrogen and oxygen atoms in total. The highest BCUT2D eigenvalue weighted by molar-refractivity contribution is 5.89. The van der Waals surface area contributed by atoms with Gasteiger partial charge < -0.3 is 16.0 Å². The van der Waals surface area contributed by atoms with Crippen LogP contribution >= 0.6 is 0 Å². The van der Waals surface area contributed by atoms with Crippen molar-refractivity contribution in [2.75, 3.05) is 25.0 Å². The van der Waals surface area contributed by atoms with Gasteiger partial charge in [0, 0.05) is 24.8 Å². The SMILES string of the molecule is CC(NC(=O)CN1CCC(NC(=O)Nc2ccccc2)CC1)c1cccc2ccccc12. The molecule has 0 aromatic heterocycles. The van der Waals surface area contributed by atoms with Crippen LogP contribution in [0.5, 0.6) is 0 Å². The number of nitrogens with zero attached hydrogens (tertiary/aromatic N) is 1. The molecule has 0 saturated carbocycles. The third-order valence-corrected chi connectivity index (χ3v) is 5.99. The van der Waals surface area contributed by atoms with Crippen LogP contribution in [0, 0.1) is 0 Å². The van der Waals surface area contributed by atoms with Gasteiger partial charge in [0.15, 0.2) is 0 Å². The highest BCUT2D eigenvalue weighted by Gasteiger charge is 2.23. The van der Waals surface area contributed by atoms with E-state index in [4.69, 9.17) is 0 Å². The van der Waals surface area contributed by atoms with Crippen molar-refractivity contribution in [1.29, 1.82) is 0 Å². The fourth-order valence-electron chi connectivity index (χ4n) is 4.31. The van der Waals surface area contributed by atoms with Gasteiger partial charge in [-0.1, -0.05) is 60.7 Å². The summed E-state index contributed by atoms with van der Waals surface area (Å²) in [6, 6.07) is 23.7. The Morgan fingerprint density at radius 2 is 1.62 bits per heavy atom. The molecular formula is C26H30N4O2. The van der Waals surface area contributed by atoms with Crippen molar-refractivity contribution in [3.63, 3.8) is 0 Å². The predicted octanol–water partition coefficient (Wildman–Crippen LogP) is 4.30. The van der Waals surface area contributed by atoms with E-state index in [-0.39, 0.29) is 24.0 Å². The van der Waals surface area contributed by atoms with Crippen LogP contribution in [0.2, 0.25) is 0 Å². The lowest BCUT2D eigenvalue weighted by molar-refractivity contribution is -0.123. The maximum absolute atomic E-state index is 12.7. The number of amides is 3. The molecule has 1 unspecified atom stereocenters. The van der Waals surface area contributed by atoms with E-state index in [1.54, 1.807) is 0 Å². The summed E-state index contributed by atoms with van der Waals surface area (Å²) in [4.78, 5) is 27.0. The molecule has 1 atom stereocenters. The lowest BCUT2D eigenvalue weighted by Crippen LogP contribution is -2.48. The van der Waals surface area contributed by atoms with Gasteiger partial charge in [-0.3, -0.25) is 9.69 Å². The summed E-state index contributed by atoms with van der Waals surface area (Å²) in [5, 5.41) is 11.4. The van der Waals surface area contributed by atoms with Gasteiger partial charge in [-0.25, -0.2) is 4.79 Å². The molecule has 3 amide bonds. The molecule has 0 bridgehead atoms. The van der Waals surface area contributed by atoms with Crippen molar-refractivity contribution in [1.82, 2.24) is 15.5 Å². The molecule has 1 aliphatic rings. The molecule has 3 aromatic carbocycles. The minimum absolute atomic E-state index is 0.0265. The molecule has 0 aliphatic carbocycles. The smallest absolute Gasteiger partial charge is 0.319 e. The average Bonchev–Trinajstić information content (AvgIpc) is 2.80. The molecule has 1 fully saturated rings. The van der Waals surface area contributed by atoms with Gasteiger partial charge in [0.1, 0.15) is 0 Å². The minimum atomic E-state index is -0.184. The van der Waals surface area contributed by atoms with Crippen molar-refractivity contribution in [3.8, 4) is 0 Å². The van der Waals surface area contributed by atoms with E-state index in [1.807, 2.05) is 55.5 Å². The Kier molecular flexibility index (Phi) is 7.02. The standard InChI is InChI=1S/C26H30N4O2/c1-19(23-13-7-9-20-8-5-6-12-24(20)23)27-25(31)18-30-16-14-22(15-17-30)29-26(32)28-21-10-3-2-4-11-21/h2-13,19,22H,14-18H2,1H3,(H,27,31)(H2,28,29,32). The van der Waals surface area contributed by atoms with Gasteiger partial charge in [-0.2, -0.15) is 0 Å². The van der Waals surface area contributed by atoms with E-state index in [2.05, 4.69) is 45.1 Å². The molecule has 0 spiro atoms. The first kappa shape index (κ1) is 21.8. The van der Waals surface area contributed by atoms with Crippen molar-refractivity contribution in [2.24, 2.45) is 0 Å². The number of carbonyl (C=O) groups excluding carboxylic acids is 2. The number of carbonyl (C=O) groups is 2. The van der Waals surface area contributed by atoms with Crippen molar-refractivity contribution in [3.05, 3.63) is 78.4 Å². The monoisotopic (exact) mass is 430 g/mol. The molecule has 0 radical (unpaired) electrons. The number of likely N-dealkylation sites (tertiary alicyclic amines) is 1. The second kappa shape index (κ2) is 10.3. The Labute approximate surface area is 189 Å². The number of fused-ring (bicyclic) bond motifs is 1. The zero-order valence-corrected chi connectivity index (χ0v) is 18.4. The number of benzene rings is 3. The van der Waals surface area contributed by atoms with Gasteiger partial charge in [0.2, 0.25) is 5.91 Å². The Bertz CT molecular complexity index is 1060. The van der Waals surface area contributed by atoms with Gasteiger partial charge in [-0.05, 0) is 48.2 Å². The molecule has 1 saturated heterocycles. The summed E-state index contributed by atoms with van der Waals surface area (Å²) < 4.78 is 0. The Morgan fingerprint density at radius 1 is 0.938 bits per heavy atom. The largest absolute Gasteiger partial charge is 0.348 e. The topological polar surface area (TPSA) is 73.5 Å². The zero-order valence-electron chi connectivity index (χ0n) is 18.4. The number of nitrogens with one attached hydrogen (secondary N) is 3. The van der Waals surface area contributed by atoms with Gasteiger partial charge in [-0.15, -0.1) is 0 Å². The highest BCUT2D eigenvalue weighted by atomic mass is 16.2. The number of anilines is 1. The second-order valence-corrected chi connectivity index (χ2v) is 8.37. The fourth-order valence-corrected chi connectivity index (χ4v) is 4.31. The van der Waals surface area contributed by atoms with Crippen LogP contribution in [0.25, 0.3) is 10.8 Å². The van der Waals surface area contributed by atoms with E-state index < -0.39 is 0 Å². The molecular weight excluding hydrogens is 400 g/mol. The highest BCUT2D eigenvalue weighted by Crippen LogP contribution is 2.24. The Balaban J connectivity index is 1.22. The number of hydrogen-bond acceptors (Lipinski definition) is 3. The third kappa shape index (κ3) is 5.65. The number of piperidine rings is 1. The Morgan fingerprint density at radius 3 is 2.41 bits per heavy atom. The first-order valence-electron chi connectivity index (χ1n) is 11.2. The van der Waals surface area contributed by atoms with E-state index >= 15 is 0 Å². The van der Waals surface area contributed by atoms with E-state index in [0.29, 0.717) is 6.54 Å². The van der Waals surface area contributed by atoms with Crippen molar-refractivity contribution in [2.45, 2.75) is 31.8 Å². The molecule has 1 aliphatic heterocycles. The number of urea groups is 1. The molecule has 3 N–H and O–H groups in total. The molecule has 3 aromatic rings. The lowest BCUT2D eigenvalue weighted by Gasteiger charge is -2.32. The van der Waals surface area contributed by atoms with Crippen LogP contribution in [0.1, 0.15) is 31.4 Å². The van der Waals surface area contributed by atoms with Crippen molar-refractivity contribution >= 4 is 28.4 Å². The van der Waals surface area contributed by atoms with Crippen LogP contribution in [0.3, 0.4) is 0 Å². The summed E-state index contributed by atoms with van der Waals surface area (Å²) in [6.45, 7) is 3.97. The quantitative estimate of drug-likeness (QED) is 0.546. The maximum atomic E-state index is 12.7. The normalized spacial score (nSPS) is 15.8. The molecule has 6 heteroatoms. The van der Waals surface area contributed by atoms with E-state index in [0.717, 1.165) is 37.2 Å². The first-order valence-corrected chi connectivity index (χ1v) is 11.2. The van der Waals surface area contributed by atoms with Crippen LogP contribution in [-0.4, -0.2) is 42.5 Å². The lowest BCUT2D eigenvalue weighted by atomic mass is 9.99. The molecule has 32 heavy (non-hydrogen) atoms. The molecule has 4 rings (SSSR count). The minimum Gasteiger partial charge on any atom is -0.348 e. The van der Waals surface area contributed by atoms with Crippen LogP contribution in [0.15, 0.2) is 72.8 Å². The second-order valence-electron chi connectivity index (χ2n) is 8.37. The van der Waals surface area contributed by atoms with E-state index in [1.165, 1.54) is 10.8 Å². The van der Waals surface area contributed by atoms with Crippen LogP contribution in [0.4, 0.5) is 10.5 Å². The van der Waals surface area contributed by atoms with E-state index in [9.17, 15) is 9.59 Å². The summed E-state index contributed by atoms with van der Waals surface area (Å²) in [5.74, 6) is 0.0265. The van der Waals surface area contributed by atoms with Gasteiger partial charge in [0.05, 0.1) is 12.6 Å². The number of para-hydroxylation sites is 1. The van der Waals surface area contributed by atoms with Crippen molar-refractivity contribution < 1.29 is 9.59 Å². The fraction of sp³-hybridized carbons (Fsp3) is 0.308. The third-order valence-electron chi connectivity index (χ3n) is 5.99. The molecule has 1 heterocycles. The average molecular weight is 431 g/mol. The zero-order chi connectivity index (χ0) is 22.3. The number of rotatable bonds is 6. The Hall–Kier alpha value is -3.38. The summed E-state index contributed by atoms with van der Waals surface area (Å²) in [5.41, 5.74) is 1.91. The predicted molar refractivity (Wildman–Crippen MR) is 129 cm³/mol. The van der Waals surface area contributed by atoms with Gasteiger partial charge >= 0.3 is 6.03 Å². The summed E-state index contributed by atoms with van der Waals surface area (Å²) >= 11 is 0. The summed E-state index contributed by atoms with van der Waals surface area (Å²) in [7, 11) is 0. The van der Waals surface area contributed by atoms with Crippen LogP contribution in [-0.2, 0) is 4.79 Å². The number of hydrogen-bond donors (Lipinski definition) is 3. The van der Waals surface area contributed by atoms with Gasteiger partial charge in [0.25, 0.3) is 0 Å². The maximum Gasteiger partial charge on any atom is 0.319 e. The molecule has 166 valence electrons. The summed E-state index contributed by atoms with van der Waals surface area (Å²) in [6.07, 6.45) is 1.66. The first-order chi connectivity index (χ1) is 15.6.